The first-order valence-corrected chi connectivity index (χ1v) is 5.58. The minimum atomic E-state index is -0.00916. The van der Waals surface area contributed by atoms with E-state index < -0.39 is 0 Å². The molecule has 88 valence electrons. The summed E-state index contributed by atoms with van der Waals surface area (Å²) >= 11 is 0. The van der Waals surface area contributed by atoms with Gasteiger partial charge in [0.05, 0.1) is 7.11 Å². The van der Waals surface area contributed by atoms with Gasteiger partial charge >= 0.3 is 0 Å². The molecule has 2 aromatic rings. The maximum Gasteiger partial charge on any atom is 0.118 e. The van der Waals surface area contributed by atoms with Gasteiger partial charge in [-0.2, -0.15) is 0 Å². The van der Waals surface area contributed by atoms with Crippen LogP contribution in [0.3, 0.4) is 0 Å². The van der Waals surface area contributed by atoms with Gasteiger partial charge in [-0.05, 0) is 35.7 Å². The Morgan fingerprint density at radius 3 is 2.59 bits per heavy atom. The number of rotatable bonds is 4. The SMILES string of the molecule is COc1ccc(C(N)Cc2cccnc2)cc1. The fourth-order valence-corrected chi connectivity index (χ4v) is 1.74. The molecule has 0 amide bonds. The summed E-state index contributed by atoms with van der Waals surface area (Å²) in [6.07, 6.45) is 4.41. The Bertz CT molecular complexity index is 453. The van der Waals surface area contributed by atoms with Crippen LogP contribution in [-0.2, 0) is 6.42 Å². The second kappa shape index (κ2) is 5.46. The highest BCUT2D eigenvalue weighted by Crippen LogP contribution is 2.18. The quantitative estimate of drug-likeness (QED) is 0.873. The van der Waals surface area contributed by atoms with Crippen LogP contribution >= 0.6 is 0 Å². The molecular formula is C14H16N2O. The van der Waals surface area contributed by atoms with Crippen molar-refractivity contribution in [1.82, 2.24) is 4.98 Å². The van der Waals surface area contributed by atoms with E-state index in [9.17, 15) is 0 Å². The molecule has 0 aliphatic carbocycles. The number of hydrogen-bond donors (Lipinski definition) is 1. The Morgan fingerprint density at radius 1 is 1.24 bits per heavy atom. The molecule has 1 aromatic heterocycles. The van der Waals surface area contributed by atoms with Gasteiger partial charge in [-0.3, -0.25) is 4.98 Å². The Labute approximate surface area is 101 Å². The number of hydrogen-bond acceptors (Lipinski definition) is 3. The molecule has 3 heteroatoms. The average Bonchev–Trinajstić information content (AvgIpc) is 2.40. The zero-order valence-electron chi connectivity index (χ0n) is 9.84. The topological polar surface area (TPSA) is 48.1 Å². The molecule has 1 atom stereocenters. The number of ether oxygens (including phenoxy) is 1. The molecule has 2 N–H and O–H groups in total. The smallest absolute Gasteiger partial charge is 0.118 e. The lowest BCUT2D eigenvalue weighted by Crippen LogP contribution is -2.13. The highest BCUT2D eigenvalue weighted by molar-refractivity contribution is 5.29. The largest absolute Gasteiger partial charge is 0.497 e. The molecule has 0 fully saturated rings. The highest BCUT2D eigenvalue weighted by atomic mass is 16.5. The van der Waals surface area contributed by atoms with Crippen molar-refractivity contribution in [1.29, 1.82) is 0 Å². The van der Waals surface area contributed by atoms with E-state index >= 15 is 0 Å². The first kappa shape index (κ1) is 11.6. The summed E-state index contributed by atoms with van der Waals surface area (Å²) in [5.74, 6) is 0.849. The van der Waals surface area contributed by atoms with Crippen molar-refractivity contribution in [2.24, 2.45) is 5.73 Å². The summed E-state index contributed by atoms with van der Waals surface area (Å²) in [5.41, 5.74) is 8.41. The van der Waals surface area contributed by atoms with Crippen LogP contribution in [0.1, 0.15) is 17.2 Å². The average molecular weight is 228 g/mol. The number of pyridine rings is 1. The molecule has 0 aliphatic heterocycles. The van der Waals surface area contributed by atoms with Crippen LogP contribution in [0.5, 0.6) is 5.75 Å². The second-order valence-electron chi connectivity index (χ2n) is 3.95. The van der Waals surface area contributed by atoms with E-state index in [1.54, 1.807) is 13.3 Å². The fraction of sp³-hybridized carbons (Fsp3) is 0.214. The van der Waals surface area contributed by atoms with Crippen molar-refractivity contribution in [3.63, 3.8) is 0 Å². The molecule has 0 saturated carbocycles. The van der Waals surface area contributed by atoms with Crippen molar-refractivity contribution in [2.75, 3.05) is 7.11 Å². The Balaban J connectivity index is 2.06. The van der Waals surface area contributed by atoms with Crippen LogP contribution in [0.25, 0.3) is 0 Å². The van der Waals surface area contributed by atoms with Gasteiger partial charge < -0.3 is 10.5 Å². The van der Waals surface area contributed by atoms with E-state index in [4.69, 9.17) is 10.5 Å². The van der Waals surface area contributed by atoms with Gasteiger partial charge in [0.25, 0.3) is 0 Å². The van der Waals surface area contributed by atoms with Crippen LogP contribution in [-0.4, -0.2) is 12.1 Å². The van der Waals surface area contributed by atoms with Gasteiger partial charge in [0.1, 0.15) is 5.75 Å². The second-order valence-corrected chi connectivity index (χ2v) is 3.95. The zero-order valence-corrected chi connectivity index (χ0v) is 9.84. The predicted octanol–water partition coefficient (Wildman–Crippen LogP) is 2.33. The summed E-state index contributed by atoms with van der Waals surface area (Å²) in [6.45, 7) is 0. The third-order valence-corrected chi connectivity index (χ3v) is 2.72. The predicted molar refractivity (Wildman–Crippen MR) is 67.9 cm³/mol. The Kier molecular flexibility index (Phi) is 3.73. The first-order chi connectivity index (χ1) is 8.29. The lowest BCUT2D eigenvalue weighted by molar-refractivity contribution is 0.414. The monoisotopic (exact) mass is 228 g/mol. The van der Waals surface area contributed by atoms with Crippen LogP contribution in [0.2, 0.25) is 0 Å². The van der Waals surface area contributed by atoms with Crippen molar-refractivity contribution >= 4 is 0 Å². The molecule has 0 aliphatic rings. The zero-order chi connectivity index (χ0) is 12.1. The number of nitrogens with two attached hydrogens (primary N) is 1. The molecule has 0 spiro atoms. The number of aromatic nitrogens is 1. The molecule has 0 bridgehead atoms. The minimum Gasteiger partial charge on any atom is -0.497 e. The molecule has 1 aromatic carbocycles. The van der Waals surface area contributed by atoms with Crippen LogP contribution in [0.15, 0.2) is 48.8 Å². The third-order valence-electron chi connectivity index (χ3n) is 2.72. The van der Waals surface area contributed by atoms with E-state index in [1.165, 1.54) is 0 Å². The van der Waals surface area contributed by atoms with Crippen molar-refractivity contribution in [2.45, 2.75) is 12.5 Å². The first-order valence-electron chi connectivity index (χ1n) is 5.58. The van der Waals surface area contributed by atoms with E-state index in [0.717, 1.165) is 23.3 Å². The summed E-state index contributed by atoms with van der Waals surface area (Å²) in [6, 6.07) is 11.8. The van der Waals surface area contributed by atoms with Crippen molar-refractivity contribution in [3.05, 3.63) is 59.9 Å². The molecule has 1 unspecified atom stereocenters. The van der Waals surface area contributed by atoms with Gasteiger partial charge in [0.2, 0.25) is 0 Å². The summed E-state index contributed by atoms with van der Waals surface area (Å²) in [4.78, 5) is 4.08. The van der Waals surface area contributed by atoms with Gasteiger partial charge in [-0.15, -0.1) is 0 Å². The van der Waals surface area contributed by atoms with Crippen LogP contribution < -0.4 is 10.5 Å². The number of methoxy groups -OCH3 is 1. The molecule has 3 nitrogen and oxygen atoms in total. The van der Waals surface area contributed by atoms with Crippen LogP contribution in [0.4, 0.5) is 0 Å². The standard InChI is InChI=1S/C14H16N2O/c1-17-13-6-4-12(5-7-13)14(15)9-11-3-2-8-16-10-11/h2-8,10,14H,9,15H2,1H3. The van der Waals surface area contributed by atoms with E-state index in [1.807, 2.05) is 42.6 Å². The Hall–Kier alpha value is -1.87. The van der Waals surface area contributed by atoms with Crippen molar-refractivity contribution in [3.8, 4) is 5.75 Å². The molecule has 0 radical (unpaired) electrons. The number of nitrogens with zero attached hydrogens (tertiary/aromatic N) is 1. The molecule has 2 rings (SSSR count). The molecule has 0 saturated heterocycles. The normalized spacial score (nSPS) is 12.1. The lowest BCUT2D eigenvalue weighted by Gasteiger charge is -2.12. The highest BCUT2D eigenvalue weighted by Gasteiger charge is 2.07. The maximum atomic E-state index is 6.15. The molecule has 17 heavy (non-hydrogen) atoms. The van der Waals surface area contributed by atoms with Gasteiger partial charge in [0, 0.05) is 18.4 Å². The summed E-state index contributed by atoms with van der Waals surface area (Å²) < 4.78 is 5.12. The van der Waals surface area contributed by atoms with E-state index in [-0.39, 0.29) is 6.04 Å². The van der Waals surface area contributed by atoms with Crippen LogP contribution in [0, 0.1) is 0 Å². The number of benzene rings is 1. The van der Waals surface area contributed by atoms with Gasteiger partial charge in [0.15, 0.2) is 0 Å². The van der Waals surface area contributed by atoms with Gasteiger partial charge in [-0.1, -0.05) is 18.2 Å². The molecule has 1 heterocycles. The Morgan fingerprint density at radius 2 is 2.00 bits per heavy atom. The maximum absolute atomic E-state index is 6.15. The van der Waals surface area contributed by atoms with E-state index in [2.05, 4.69) is 4.98 Å². The fourth-order valence-electron chi connectivity index (χ4n) is 1.74. The van der Waals surface area contributed by atoms with Gasteiger partial charge in [-0.25, -0.2) is 0 Å². The summed E-state index contributed by atoms with van der Waals surface area (Å²) in [7, 11) is 1.66. The molecular weight excluding hydrogens is 212 g/mol. The third kappa shape index (κ3) is 3.04. The summed E-state index contributed by atoms with van der Waals surface area (Å²) in [5, 5.41) is 0. The van der Waals surface area contributed by atoms with Crippen molar-refractivity contribution < 1.29 is 4.74 Å². The van der Waals surface area contributed by atoms with E-state index in [0.29, 0.717) is 0 Å². The lowest BCUT2D eigenvalue weighted by atomic mass is 10.0. The minimum absolute atomic E-state index is 0.00916.